The Morgan fingerprint density at radius 1 is 1.37 bits per heavy atom. The van der Waals surface area contributed by atoms with Gasteiger partial charge in [-0.15, -0.1) is 0 Å². The third-order valence-corrected chi connectivity index (χ3v) is 8.98. The van der Waals surface area contributed by atoms with E-state index in [0.717, 1.165) is 0 Å². The molecule has 5 nitrogen and oxygen atoms in total. The molecule has 2 aliphatic rings. The molecule has 0 spiro atoms. The van der Waals surface area contributed by atoms with E-state index in [0.29, 0.717) is 0 Å². The van der Waals surface area contributed by atoms with Crippen LogP contribution in [0.2, 0.25) is 18.1 Å². The molecule has 1 N–H and O–H groups in total. The van der Waals surface area contributed by atoms with Crippen LogP contribution in [-0.4, -0.2) is 43.0 Å². The zero-order valence-corrected chi connectivity index (χ0v) is 13.1. The highest BCUT2D eigenvalue weighted by molar-refractivity contribution is 6.74. The van der Waals surface area contributed by atoms with Crippen LogP contribution in [0.25, 0.3) is 0 Å². The van der Waals surface area contributed by atoms with Crippen LogP contribution in [0.5, 0.6) is 0 Å². The first kappa shape index (κ1) is 14.7. The predicted molar refractivity (Wildman–Crippen MR) is 71.1 cm³/mol. The lowest BCUT2D eigenvalue weighted by Crippen LogP contribution is -2.53. The van der Waals surface area contributed by atoms with Gasteiger partial charge in [-0.3, -0.25) is 4.79 Å². The number of esters is 1. The van der Waals surface area contributed by atoms with Gasteiger partial charge >= 0.3 is 5.97 Å². The van der Waals surface area contributed by atoms with E-state index < -0.39 is 32.1 Å². The number of fused-ring (bicyclic) bond motifs is 2. The Morgan fingerprint density at radius 2 is 1.95 bits per heavy atom. The zero-order valence-electron chi connectivity index (χ0n) is 12.1. The van der Waals surface area contributed by atoms with Crippen molar-refractivity contribution in [3.8, 4) is 0 Å². The van der Waals surface area contributed by atoms with E-state index in [4.69, 9.17) is 9.16 Å². The van der Waals surface area contributed by atoms with E-state index in [-0.39, 0.29) is 23.7 Å². The first-order valence-electron chi connectivity index (χ1n) is 6.60. The van der Waals surface area contributed by atoms with Gasteiger partial charge in [0.15, 0.2) is 19.7 Å². The normalized spacial score (nSPS) is 35.5. The summed E-state index contributed by atoms with van der Waals surface area (Å²) in [6.07, 6.45) is -1.38. The molecule has 0 amide bonds. The molecule has 1 saturated heterocycles. The predicted octanol–water partition coefficient (Wildman–Crippen LogP) is 1.40. The highest BCUT2D eigenvalue weighted by atomic mass is 28.4. The molecule has 1 heterocycles. The molecular formula is C13H22O5Si. The lowest BCUT2D eigenvalue weighted by atomic mass is 9.83. The maximum Gasteiger partial charge on any atom is 0.339 e. The molecule has 108 valence electrons. The number of carbonyl (C=O) groups is 2. The smallest absolute Gasteiger partial charge is 0.339 e. The number of hydrogen-bond acceptors (Lipinski definition) is 5. The van der Waals surface area contributed by atoms with Gasteiger partial charge in [-0.1, -0.05) is 20.8 Å². The summed E-state index contributed by atoms with van der Waals surface area (Å²) in [5.74, 6) is -0.915. The van der Waals surface area contributed by atoms with Gasteiger partial charge in [0, 0.05) is 12.8 Å². The van der Waals surface area contributed by atoms with E-state index in [2.05, 4.69) is 33.9 Å². The van der Waals surface area contributed by atoms with E-state index >= 15 is 0 Å². The second-order valence-electron chi connectivity index (χ2n) is 7.12. The fourth-order valence-electron chi connectivity index (χ4n) is 2.25. The van der Waals surface area contributed by atoms with Crippen LogP contribution in [0.1, 0.15) is 33.6 Å². The van der Waals surface area contributed by atoms with Crippen molar-refractivity contribution in [1.29, 1.82) is 0 Å². The molecule has 1 aliphatic carbocycles. The van der Waals surface area contributed by atoms with E-state index in [1.807, 2.05) is 0 Å². The number of ether oxygens (including phenoxy) is 1. The largest absolute Gasteiger partial charge is 0.457 e. The minimum absolute atomic E-state index is 0.0242. The average Bonchev–Trinajstić information content (AvgIpc) is 2.45. The maximum absolute atomic E-state index is 12.1. The van der Waals surface area contributed by atoms with Crippen LogP contribution in [0, 0.1) is 0 Å². The highest BCUT2D eigenvalue weighted by Gasteiger charge is 2.59. The third-order valence-electron chi connectivity index (χ3n) is 4.53. The van der Waals surface area contributed by atoms with Gasteiger partial charge in [-0.25, -0.2) is 4.79 Å². The summed E-state index contributed by atoms with van der Waals surface area (Å²) in [5, 5.41) is 9.97. The molecule has 1 saturated carbocycles. The monoisotopic (exact) mass is 286 g/mol. The van der Waals surface area contributed by atoms with E-state index in [9.17, 15) is 14.7 Å². The molecule has 2 rings (SSSR count). The first-order chi connectivity index (χ1) is 8.46. The molecule has 2 fully saturated rings. The Kier molecular flexibility index (Phi) is 3.19. The SMILES string of the molecule is CC(C)(C)[Si](C)(C)O[C@@H]1C(=O)C[C@]2(O)C[C@H]1OC2=O. The molecule has 0 aromatic rings. The summed E-state index contributed by atoms with van der Waals surface area (Å²) >= 11 is 0. The third kappa shape index (κ3) is 2.37. The highest BCUT2D eigenvalue weighted by Crippen LogP contribution is 2.42. The molecule has 6 heteroatoms. The van der Waals surface area contributed by atoms with Crippen molar-refractivity contribution in [3.63, 3.8) is 0 Å². The Balaban J connectivity index is 2.19. The summed E-state index contributed by atoms with van der Waals surface area (Å²) in [6.45, 7) is 10.4. The van der Waals surface area contributed by atoms with Crippen LogP contribution in [0.15, 0.2) is 0 Å². The summed E-state index contributed by atoms with van der Waals surface area (Å²) in [6, 6.07) is 0. The van der Waals surface area contributed by atoms with Gasteiger partial charge in [-0.2, -0.15) is 0 Å². The van der Waals surface area contributed by atoms with Crippen LogP contribution in [0.3, 0.4) is 0 Å². The number of Topliss-reactive ketones (excluding diaryl/α,β-unsaturated/α-hetero) is 1. The van der Waals surface area contributed by atoms with Crippen LogP contribution in [0.4, 0.5) is 0 Å². The summed E-state index contributed by atoms with van der Waals surface area (Å²) in [5.41, 5.74) is -1.62. The van der Waals surface area contributed by atoms with Gasteiger partial charge < -0.3 is 14.3 Å². The molecule has 19 heavy (non-hydrogen) atoms. The van der Waals surface area contributed by atoms with E-state index in [1.54, 1.807) is 0 Å². The van der Waals surface area contributed by atoms with Crippen molar-refractivity contribution in [2.75, 3.05) is 0 Å². The number of aliphatic hydroxyl groups is 1. The second-order valence-corrected chi connectivity index (χ2v) is 11.9. The number of ketones is 1. The molecule has 0 aromatic heterocycles. The lowest BCUT2D eigenvalue weighted by Gasteiger charge is -2.41. The maximum atomic E-state index is 12.1. The number of hydrogen-bond donors (Lipinski definition) is 1. The zero-order chi connectivity index (χ0) is 14.6. The van der Waals surface area contributed by atoms with Crippen LogP contribution < -0.4 is 0 Å². The Hall–Kier alpha value is -0.723. The van der Waals surface area contributed by atoms with Gasteiger partial charge in [0.05, 0.1) is 0 Å². The molecule has 0 aromatic carbocycles. The fourth-order valence-corrected chi connectivity index (χ4v) is 3.52. The lowest BCUT2D eigenvalue weighted by molar-refractivity contribution is -0.154. The molecule has 2 bridgehead atoms. The Labute approximate surface area is 114 Å². The molecule has 3 atom stereocenters. The first-order valence-corrected chi connectivity index (χ1v) is 9.51. The summed E-state index contributed by atoms with van der Waals surface area (Å²) in [7, 11) is -2.11. The van der Waals surface area contributed by atoms with Crippen molar-refractivity contribution < 1.29 is 23.9 Å². The standard InChI is InChI=1S/C13H22O5Si/c1-12(2,3)19(4,5)18-10-8(14)6-13(16)7-9(10)17-11(13)15/h9-10,16H,6-7H2,1-5H3/t9-,10-,13+/m1/s1. The van der Waals surface area contributed by atoms with Crippen molar-refractivity contribution >= 4 is 20.1 Å². The van der Waals surface area contributed by atoms with Crippen molar-refractivity contribution in [2.24, 2.45) is 0 Å². The second kappa shape index (κ2) is 4.13. The summed E-state index contributed by atoms with van der Waals surface area (Å²) in [4.78, 5) is 23.7. The topological polar surface area (TPSA) is 72.8 Å². The fraction of sp³-hybridized carbons (Fsp3) is 0.846. The minimum Gasteiger partial charge on any atom is -0.457 e. The van der Waals surface area contributed by atoms with E-state index in [1.165, 1.54) is 0 Å². The Morgan fingerprint density at radius 3 is 2.47 bits per heavy atom. The molecular weight excluding hydrogens is 264 g/mol. The van der Waals surface area contributed by atoms with Crippen molar-refractivity contribution in [3.05, 3.63) is 0 Å². The van der Waals surface area contributed by atoms with Crippen molar-refractivity contribution in [2.45, 2.75) is 69.6 Å². The van der Waals surface area contributed by atoms with Crippen molar-refractivity contribution in [1.82, 2.24) is 0 Å². The molecule has 0 radical (unpaired) electrons. The van der Waals surface area contributed by atoms with Crippen LogP contribution >= 0.6 is 0 Å². The van der Waals surface area contributed by atoms with Gasteiger partial charge in [0.2, 0.25) is 0 Å². The number of carbonyl (C=O) groups excluding carboxylic acids is 2. The van der Waals surface area contributed by atoms with Gasteiger partial charge in [-0.05, 0) is 18.1 Å². The summed E-state index contributed by atoms with van der Waals surface area (Å²) < 4.78 is 11.2. The minimum atomic E-state index is -2.11. The van der Waals surface area contributed by atoms with Gasteiger partial charge in [0.1, 0.15) is 12.2 Å². The average molecular weight is 286 g/mol. The molecule has 1 aliphatic heterocycles. The van der Waals surface area contributed by atoms with Crippen LogP contribution in [-0.2, 0) is 18.8 Å². The molecule has 0 unspecified atom stereocenters. The Bertz CT molecular complexity index is 425. The number of rotatable bonds is 2. The van der Waals surface area contributed by atoms with Gasteiger partial charge in [0.25, 0.3) is 0 Å². The quantitative estimate of drug-likeness (QED) is 0.613.